The average Bonchev–Trinajstić information content (AvgIpc) is 2.80. The van der Waals surface area contributed by atoms with Crippen molar-refractivity contribution in [2.45, 2.75) is 32.1 Å². The van der Waals surface area contributed by atoms with Crippen LogP contribution in [0.15, 0.2) is 23.8 Å². The number of aromatic carboxylic acids is 1. The fourth-order valence-corrected chi connectivity index (χ4v) is 3.31. The summed E-state index contributed by atoms with van der Waals surface area (Å²) in [4.78, 5) is 11.8. The number of carbonyl (C=O) groups is 1. The predicted molar refractivity (Wildman–Crippen MR) is 87.5 cm³/mol. The van der Waals surface area contributed by atoms with Gasteiger partial charge in [0.25, 0.3) is 0 Å². The molecule has 0 aliphatic heterocycles. The van der Waals surface area contributed by atoms with Gasteiger partial charge in [0, 0.05) is 18.0 Å². The van der Waals surface area contributed by atoms with E-state index in [2.05, 4.69) is 6.08 Å². The summed E-state index contributed by atoms with van der Waals surface area (Å²) in [6, 6.07) is 5.59. The quantitative estimate of drug-likeness (QED) is 0.922. The average molecular weight is 299 g/mol. The van der Waals surface area contributed by atoms with Crippen molar-refractivity contribution in [2.75, 3.05) is 7.11 Å². The molecule has 1 aromatic heterocycles. The summed E-state index contributed by atoms with van der Waals surface area (Å²) in [6.07, 6.45) is 7.90. The molecule has 0 radical (unpaired) electrons. The molecule has 3 rings (SSSR count). The topological polar surface area (TPSA) is 51.5 Å². The van der Waals surface area contributed by atoms with Crippen LogP contribution in [-0.4, -0.2) is 22.8 Å². The van der Waals surface area contributed by atoms with Crippen molar-refractivity contribution in [3.05, 3.63) is 35.0 Å². The number of ether oxygens (including phenoxy) is 1. The standard InChI is InChI=1S/C18H21NO3/c1-19-15-9-8-13(22-2)11-14(15)17(18(20)21)16(19)10-12-6-4-3-5-7-12/h8-11H,3-7H2,1-2H3,(H,20,21). The maximum atomic E-state index is 11.8. The zero-order chi connectivity index (χ0) is 15.7. The summed E-state index contributed by atoms with van der Waals surface area (Å²) in [7, 11) is 3.52. The van der Waals surface area contributed by atoms with E-state index < -0.39 is 5.97 Å². The molecule has 1 saturated carbocycles. The van der Waals surface area contributed by atoms with Gasteiger partial charge in [-0.25, -0.2) is 4.79 Å². The second-order valence-corrected chi connectivity index (χ2v) is 5.87. The lowest BCUT2D eigenvalue weighted by molar-refractivity contribution is 0.0698. The van der Waals surface area contributed by atoms with Gasteiger partial charge in [-0.15, -0.1) is 0 Å². The van der Waals surface area contributed by atoms with Gasteiger partial charge in [0.1, 0.15) is 5.75 Å². The Morgan fingerprint density at radius 2 is 2.00 bits per heavy atom. The normalized spacial score (nSPS) is 15.1. The highest BCUT2D eigenvalue weighted by molar-refractivity contribution is 6.07. The molecule has 0 unspecified atom stereocenters. The van der Waals surface area contributed by atoms with Crippen LogP contribution in [0.25, 0.3) is 17.0 Å². The van der Waals surface area contributed by atoms with E-state index in [-0.39, 0.29) is 0 Å². The maximum Gasteiger partial charge on any atom is 0.338 e. The number of rotatable bonds is 3. The monoisotopic (exact) mass is 299 g/mol. The lowest BCUT2D eigenvalue weighted by Gasteiger charge is -2.14. The van der Waals surface area contributed by atoms with Crippen LogP contribution in [0.2, 0.25) is 0 Å². The molecule has 0 bridgehead atoms. The summed E-state index contributed by atoms with van der Waals surface area (Å²) < 4.78 is 7.21. The first-order valence-corrected chi connectivity index (χ1v) is 7.71. The Morgan fingerprint density at radius 1 is 1.27 bits per heavy atom. The highest BCUT2D eigenvalue weighted by Crippen LogP contribution is 2.32. The fourth-order valence-electron chi connectivity index (χ4n) is 3.31. The smallest absolute Gasteiger partial charge is 0.338 e. The van der Waals surface area contributed by atoms with Gasteiger partial charge in [0.05, 0.1) is 18.4 Å². The fraction of sp³-hybridized carbons (Fsp3) is 0.389. The van der Waals surface area contributed by atoms with Gasteiger partial charge in [0.15, 0.2) is 0 Å². The number of carboxylic acid groups (broad SMARTS) is 1. The number of aryl methyl sites for hydroxylation is 1. The second kappa shape index (κ2) is 5.87. The van der Waals surface area contributed by atoms with Crippen LogP contribution in [-0.2, 0) is 7.05 Å². The summed E-state index contributed by atoms with van der Waals surface area (Å²) >= 11 is 0. The maximum absolute atomic E-state index is 11.8. The predicted octanol–water partition coefficient (Wildman–Crippen LogP) is 4.23. The first kappa shape index (κ1) is 14.7. The summed E-state index contributed by atoms with van der Waals surface area (Å²) in [5, 5.41) is 10.4. The van der Waals surface area contributed by atoms with E-state index in [0.29, 0.717) is 11.3 Å². The van der Waals surface area contributed by atoms with Gasteiger partial charge < -0.3 is 14.4 Å². The van der Waals surface area contributed by atoms with Crippen molar-refractivity contribution < 1.29 is 14.6 Å². The molecule has 0 saturated heterocycles. The Hall–Kier alpha value is -2.23. The minimum Gasteiger partial charge on any atom is -0.497 e. The van der Waals surface area contributed by atoms with Crippen LogP contribution in [0.5, 0.6) is 5.75 Å². The number of fused-ring (bicyclic) bond motifs is 1. The van der Waals surface area contributed by atoms with E-state index in [1.54, 1.807) is 7.11 Å². The second-order valence-electron chi connectivity index (χ2n) is 5.87. The minimum absolute atomic E-state index is 0.370. The van der Waals surface area contributed by atoms with Crippen LogP contribution in [0, 0.1) is 0 Å². The molecule has 1 aliphatic carbocycles. The number of nitrogens with zero attached hydrogens (tertiary/aromatic N) is 1. The SMILES string of the molecule is COc1ccc2c(c1)c(C(=O)O)c(C=C1CCCCC1)n2C. The molecule has 0 spiro atoms. The van der Waals surface area contributed by atoms with Gasteiger partial charge in [-0.3, -0.25) is 0 Å². The Bertz CT molecular complexity index is 747. The van der Waals surface area contributed by atoms with Gasteiger partial charge in [-0.1, -0.05) is 12.0 Å². The van der Waals surface area contributed by atoms with E-state index in [9.17, 15) is 9.90 Å². The zero-order valence-electron chi connectivity index (χ0n) is 13.1. The molecule has 1 N–H and O–H groups in total. The first-order valence-electron chi connectivity index (χ1n) is 7.71. The summed E-state index contributed by atoms with van der Waals surface area (Å²) in [5.41, 5.74) is 3.43. The molecule has 1 fully saturated rings. The third kappa shape index (κ3) is 2.49. The Kier molecular flexibility index (Phi) is 3.92. The van der Waals surface area contributed by atoms with E-state index in [1.165, 1.54) is 24.8 Å². The molecular weight excluding hydrogens is 278 g/mol. The summed E-state index contributed by atoms with van der Waals surface area (Å²) in [6.45, 7) is 0. The highest BCUT2D eigenvalue weighted by Gasteiger charge is 2.20. The number of allylic oxidation sites excluding steroid dienone is 1. The molecule has 1 heterocycles. The molecule has 4 heteroatoms. The molecule has 1 aromatic carbocycles. The third-order valence-electron chi connectivity index (χ3n) is 4.50. The Labute approximate surface area is 130 Å². The number of carboxylic acids is 1. The van der Waals surface area contributed by atoms with Crippen molar-refractivity contribution >= 4 is 22.9 Å². The Morgan fingerprint density at radius 3 is 2.64 bits per heavy atom. The molecule has 0 atom stereocenters. The number of benzene rings is 1. The van der Waals surface area contributed by atoms with Gasteiger partial charge >= 0.3 is 5.97 Å². The molecule has 22 heavy (non-hydrogen) atoms. The molecule has 0 amide bonds. The molecule has 1 aliphatic rings. The molecule has 4 nitrogen and oxygen atoms in total. The third-order valence-corrected chi connectivity index (χ3v) is 4.50. The van der Waals surface area contributed by atoms with Crippen molar-refractivity contribution in [1.82, 2.24) is 4.57 Å². The van der Waals surface area contributed by atoms with Gasteiger partial charge in [0.2, 0.25) is 0 Å². The number of hydrogen-bond acceptors (Lipinski definition) is 2. The van der Waals surface area contributed by atoms with E-state index in [1.807, 2.05) is 29.8 Å². The van der Waals surface area contributed by atoms with E-state index in [0.717, 1.165) is 29.4 Å². The van der Waals surface area contributed by atoms with Crippen molar-refractivity contribution in [2.24, 2.45) is 7.05 Å². The largest absolute Gasteiger partial charge is 0.497 e. The van der Waals surface area contributed by atoms with Crippen molar-refractivity contribution in [1.29, 1.82) is 0 Å². The number of hydrogen-bond donors (Lipinski definition) is 1. The number of methoxy groups -OCH3 is 1. The van der Waals surface area contributed by atoms with Crippen LogP contribution in [0.4, 0.5) is 0 Å². The van der Waals surface area contributed by atoms with Gasteiger partial charge in [-0.05, 0) is 50.0 Å². The van der Waals surface area contributed by atoms with E-state index >= 15 is 0 Å². The number of aromatic nitrogens is 1. The van der Waals surface area contributed by atoms with E-state index in [4.69, 9.17) is 4.74 Å². The lowest BCUT2D eigenvalue weighted by Crippen LogP contribution is -2.02. The zero-order valence-corrected chi connectivity index (χ0v) is 13.1. The molecular formula is C18H21NO3. The lowest BCUT2D eigenvalue weighted by atomic mass is 9.93. The van der Waals surface area contributed by atoms with Crippen molar-refractivity contribution in [3.8, 4) is 5.75 Å². The van der Waals surface area contributed by atoms with Crippen molar-refractivity contribution in [3.63, 3.8) is 0 Å². The van der Waals surface area contributed by atoms with Crippen LogP contribution < -0.4 is 4.74 Å². The minimum atomic E-state index is -0.887. The van der Waals surface area contributed by atoms with Crippen LogP contribution >= 0.6 is 0 Å². The first-order chi connectivity index (χ1) is 10.6. The van der Waals surface area contributed by atoms with Crippen LogP contribution in [0.1, 0.15) is 48.2 Å². The molecule has 116 valence electrons. The van der Waals surface area contributed by atoms with Crippen LogP contribution in [0.3, 0.4) is 0 Å². The highest BCUT2D eigenvalue weighted by atomic mass is 16.5. The van der Waals surface area contributed by atoms with Gasteiger partial charge in [-0.2, -0.15) is 0 Å². The summed E-state index contributed by atoms with van der Waals surface area (Å²) in [5.74, 6) is -0.209. The molecule has 2 aromatic rings. The Balaban J connectivity index is 2.21.